The van der Waals surface area contributed by atoms with Crippen LogP contribution in [-0.2, 0) is 20.3 Å². The quantitative estimate of drug-likeness (QED) is 0.771. The number of likely N-dealkylation sites (N-methyl/N-ethyl adjacent to an activating group) is 1. The third-order valence-electron chi connectivity index (χ3n) is 2.73. The van der Waals surface area contributed by atoms with Crippen LogP contribution in [0, 0.1) is 0 Å². The second kappa shape index (κ2) is 5.92. The fourth-order valence-electron chi connectivity index (χ4n) is 1.76. The molecule has 0 aromatic carbocycles. The third-order valence-corrected chi connectivity index (χ3v) is 3.90. The molecule has 108 valence electrons. The molecule has 19 heavy (non-hydrogen) atoms. The topological polar surface area (TPSA) is 72.3 Å². The first kappa shape index (κ1) is 16.0. The van der Waals surface area contributed by atoms with Gasteiger partial charge in [0.2, 0.25) is 5.91 Å². The number of hydrogen-bond donors (Lipinski definition) is 0. The number of hydrogen-bond acceptors (Lipinski definition) is 4. The zero-order valence-electron chi connectivity index (χ0n) is 11.4. The molecule has 0 radical (unpaired) electrons. The van der Waals surface area contributed by atoms with Crippen molar-refractivity contribution in [2.24, 2.45) is 0 Å². The molecule has 1 unspecified atom stereocenters. The number of aryl methyl sites for hydroxylation is 1. The highest BCUT2D eigenvalue weighted by molar-refractivity contribution is 8.13. The number of carbonyl (C=O) groups excluding carboxylic acids is 1. The second-order valence-electron chi connectivity index (χ2n) is 4.50. The first-order valence-corrected chi connectivity index (χ1v) is 8.23. The van der Waals surface area contributed by atoms with E-state index in [4.69, 9.17) is 10.7 Å². The molecule has 1 aromatic heterocycles. The molecule has 1 heterocycles. The molecule has 1 rings (SSSR count). The van der Waals surface area contributed by atoms with Crippen LogP contribution in [0.3, 0.4) is 0 Å². The van der Waals surface area contributed by atoms with Crippen molar-refractivity contribution in [3.8, 4) is 0 Å². The number of halogens is 1. The predicted octanol–water partition coefficient (Wildman–Crippen LogP) is 1.41. The molecule has 0 N–H and O–H groups in total. The maximum absolute atomic E-state index is 12.0. The van der Waals surface area contributed by atoms with Crippen molar-refractivity contribution in [2.75, 3.05) is 14.1 Å². The third kappa shape index (κ3) is 3.70. The van der Waals surface area contributed by atoms with Crippen LogP contribution in [0.5, 0.6) is 0 Å². The summed E-state index contributed by atoms with van der Waals surface area (Å²) in [5.41, 5.74) is 0. The number of rotatable bonds is 5. The van der Waals surface area contributed by atoms with Crippen LogP contribution >= 0.6 is 10.7 Å². The zero-order chi connectivity index (χ0) is 14.8. The van der Waals surface area contributed by atoms with E-state index < -0.39 is 15.1 Å². The monoisotopic (exact) mass is 307 g/mol. The summed E-state index contributed by atoms with van der Waals surface area (Å²) in [6, 6.07) is -0.517. The molecule has 0 saturated heterocycles. The lowest BCUT2D eigenvalue weighted by molar-refractivity contribution is -0.131. The summed E-state index contributed by atoms with van der Waals surface area (Å²) in [5, 5.41) is -0.212. The second-order valence-corrected chi connectivity index (χ2v) is 7.01. The molecular formula is C11H18ClN3O3S. The minimum Gasteiger partial charge on any atom is -0.347 e. The summed E-state index contributed by atoms with van der Waals surface area (Å²) < 4.78 is 24.2. The Morgan fingerprint density at radius 3 is 2.53 bits per heavy atom. The number of amides is 1. The zero-order valence-corrected chi connectivity index (χ0v) is 13.0. The summed E-state index contributed by atoms with van der Waals surface area (Å²) >= 11 is 0. The Morgan fingerprint density at radius 2 is 2.11 bits per heavy atom. The fourth-order valence-corrected chi connectivity index (χ4v) is 2.44. The van der Waals surface area contributed by atoms with Crippen LogP contribution in [0.1, 0.15) is 32.1 Å². The highest BCUT2D eigenvalue weighted by Crippen LogP contribution is 2.20. The molecule has 0 aliphatic heterocycles. The summed E-state index contributed by atoms with van der Waals surface area (Å²) in [7, 11) is 4.70. The maximum atomic E-state index is 12.0. The van der Waals surface area contributed by atoms with E-state index in [9.17, 15) is 13.2 Å². The van der Waals surface area contributed by atoms with Crippen LogP contribution in [0.4, 0.5) is 0 Å². The fraction of sp³-hybridized carbons (Fsp3) is 0.636. The lowest BCUT2D eigenvalue weighted by atomic mass is 10.2. The molecule has 0 aliphatic carbocycles. The molecule has 1 aromatic rings. The minimum atomic E-state index is -3.89. The lowest BCUT2D eigenvalue weighted by Crippen LogP contribution is -2.30. The van der Waals surface area contributed by atoms with Gasteiger partial charge in [-0.2, -0.15) is 0 Å². The normalized spacial score (nSPS) is 13.3. The van der Waals surface area contributed by atoms with Gasteiger partial charge in [-0.15, -0.1) is 0 Å². The first-order chi connectivity index (χ1) is 8.68. The molecule has 0 aliphatic rings. The molecule has 1 amide bonds. The van der Waals surface area contributed by atoms with Gasteiger partial charge in [0.1, 0.15) is 11.9 Å². The van der Waals surface area contributed by atoms with Crippen molar-refractivity contribution in [2.45, 2.75) is 37.8 Å². The van der Waals surface area contributed by atoms with Gasteiger partial charge >= 0.3 is 0 Å². The molecule has 1 atom stereocenters. The summed E-state index contributed by atoms with van der Waals surface area (Å²) in [5.74, 6) is 0.415. The van der Waals surface area contributed by atoms with Gasteiger partial charge in [0.25, 0.3) is 9.05 Å². The van der Waals surface area contributed by atoms with Gasteiger partial charge in [-0.05, 0) is 13.3 Å². The Labute approximate surface area is 117 Å². The van der Waals surface area contributed by atoms with Gasteiger partial charge in [-0.1, -0.05) is 6.92 Å². The molecule has 0 bridgehead atoms. The highest BCUT2D eigenvalue weighted by atomic mass is 35.7. The Morgan fingerprint density at radius 1 is 1.53 bits per heavy atom. The summed E-state index contributed by atoms with van der Waals surface area (Å²) in [6.07, 6.45) is 2.69. The van der Waals surface area contributed by atoms with Crippen molar-refractivity contribution in [1.29, 1.82) is 0 Å². The summed E-state index contributed by atoms with van der Waals surface area (Å²) in [6.45, 7) is 3.65. The molecule has 0 spiro atoms. The average molecular weight is 308 g/mol. The predicted molar refractivity (Wildman–Crippen MR) is 72.7 cm³/mol. The van der Waals surface area contributed by atoms with Gasteiger partial charge in [0.15, 0.2) is 5.03 Å². The van der Waals surface area contributed by atoms with Gasteiger partial charge in [0.05, 0.1) is 0 Å². The van der Waals surface area contributed by atoms with Gasteiger partial charge < -0.3 is 9.47 Å². The first-order valence-electron chi connectivity index (χ1n) is 5.92. The van der Waals surface area contributed by atoms with Crippen LogP contribution in [0.2, 0.25) is 0 Å². The van der Waals surface area contributed by atoms with E-state index in [1.807, 2.05) is 6.92 Å². The average Bonchev–Trinajstić information content (AvgIpc) is 2.71. The van der Waals surface area contributed by atoms with Crippen LogP contribution in [-0.4, -0.2) is 42.9 Å². The van der Waals surface area contributed by atoms with Crippen molar-refractivity contribution >= 4 is 25.6 Å². The van der Waals surface area contributed by atoms with Crippen LogP contribution in [0.25, 0.3) is 0 Å². The highest BCUT2D eigenvalue weighted by Gasteiger charge is 2.24. The standard InChI is InChI=1S/C11H18ClN3O3S/c1-5-6-9-13-10(19(12,17)18)7-15(9)8(2)11(16)14(3)4/h7-8H,5-6H2,1-4H3. The van der Waals surface area contributed by atoms with Crippen molar-refractivity contribution in [3.05, 3.63) is 12.0 Å². The largest absolute Gasteiger partial charge is 0.347 e. The van der Waals surface area contributed by atoms with E-state index in [2.05, 4.69) is 4.98 Å². The van der Waals surface area contributed by atoms with Crippen molar-refractivity contribution in [1.82, 2.24) is 14.5 Å². The van der Waals surface area contributed by atoms with Crippen LogP contribution in [0.15, 0.2) is 11.2 Å². The van der Waals surface area contributed by atoms with E-state index in [0.29, 0.717) is 12.2 Å². The number of aromatic nitrogens is 2. The van der Waals surface area contributed by atoms with Crippen LogP contribution < -0.4 is 0 Å². The van der Waals surface area contributed by atoms with Crippen molar-refractivity contribution < 1.29 is 13.2 Å². The maximum Gasteiger partial charge on any atom is 0.280 e. The molecule has 6 nitrogen and oxygen atoms in total. The van der Waals surface area contributed by atoms with Gasteiger partial charge in [0, 0.05) is 37.4 Å². The Bertz CT molecular complexity index is 566. The van der Waals surface area contributed by atoms with E-state index in [1.54, 1.807) is 25.6 Å². The number of carbonyl (C=O) groups is 1. The summed E-state index contributed by atoms with van der Waals surface area (Å²) in [4.78, 5) is 17.4. The van der Waals surface area contributed by atoms with E-state index in [0.717, 1.165) is 6.42 Å². The lowest BCUT2D eigenvalue weighted by Gasteiger charge is -2.19. The number of imidazole rings is 1. The Kier molecular flexibility index (Phi) is 4.98. The Balaban J connectivity index is 3.25. The Hall–Kier alpha value is -1.08. The smallest absolute Gasteiger partial charge is 0.280 e. The molecule has 0 fully saturated rings. The van der Waals surface area contributed by atoms with E-state index in [1.165, 1.54) is 11.1 Å². The van der Waals surface area contributed by atoms with E-state index in [-0.39, 0.29) is 10.9 Å². The SMILES string of the molecule is CCCc1nc(S(=O)(=O)Cl)cn1C(C)C(=O)N(C)C. The minimum absolute atomic E-state index is 0.131. The molecule has 0 saturated carbocycles. The van der Waals surface area contributed by atoms with Gasteiger partial charge in [-0.25, -0.2) is 13.4 Å². The van der Waals surface area contributed by atoms with Crippen molar-refractivity contribution in [3.63, 3.8) is 0 Å². The molecule has 8 heteroatoms. The number of nitrogens with zero attached hydrogens (tertiary/aromatic N) is 3. The van der Waals surface area contributed by atoms with Gasteiger partial charge in [-0.3, -0.25) is 4.79 Å². The van der Waals surface area contributed by atoms with E-state index >= 15 is 0 Å². The molecular weight excluding hydrogens is 290 g/mol.